The van der Waals surface area contributed by atoms with Crippen molar-refractivity contribution in [2.45, 2.75) is 25.8 Å². The molecule has 2 heterocycles. The van der Waals surface area contributed by atoms with Gasteiger partial charge in [0.1, 0.15) is 5.82 Å². The first-order chi connectivity index (χ1) is 10.6. The lowest BCUT2D eigenvalue weighted by molar-refractivity contribution is 0.0939. The summed E-state index contributed by atoms with van der Waals surface area (Å²) in [5.74, 6) is -0.585. The van der Waals surface area contributed by atoms with Crippen LogP contribution in [-0.2, 0) is 6.42 Å². The van der Waals surface area contributed by atoms with Gasteiger partial charge in [-0.15, -0.1) is 0 Å². The van der Waals surface area contributed by atoms with Gasteiger partial charge in [-0.05, 0) is 56.2 Å². The van der Waals surface area contributed by atoms with Gasteiger partial charge in [0.25, 0.3) is 5.91 Å². The fraction of sp³-hybridized carbons (Fsp3) is 0.294. The van der Waals surface area contributed by atoms with Crippen LogP contribution in [-0.4, -0.2) is 17.4 Å². The Morgan fingerprint density at radius 2 is 2.05 bits per heavy atom. The molecule has 1 aromatic heterocycles. The van der Waals surface area contributed by atoms with Crippen molar-refractivity contribution in [2.75, 3.05) is 11.9 Å². The van der Waals surface area contributed by atoms with Crippen molar-refractivity contribution in [3.8, 4) is 0 Å². The van der Waals surface area contributed by atoms with E-state index in [1.54, 1.807) is 0 Å². The quantitative estimate of drug-likeness (QED) is 0.916. The third-order valence-electron chi connectivity index (χ3n) is 3.80. The Kier molecular flexibility index (Phi) is 4.04. The molecule has 1 aromatic carbocycles. The third-order valence-corrected chi connectivity index (χ3v) is 3.80. The van der Waals surface area contributed by atoms with Crippen LogP contribution in [0.25, 0.3) is 0 Å². The lowest BCUT2D eigenvalue weighted by atomic mass is 10.1. The molecule has 0 spiro atoms. The lowest BCUT2D eigenvalue weighted by Gasteiger charge is -2.20. The van der Waals surface area contributed by atoms with Crippen molar-refractivity contribution < 1.29 is 9.18 Å². The van der Waals surface area contributed by atoms with Crippen LogP contribution in [0.15, 0.2) is 36.4 Å². The topological polar surface area (TPSA) is 54.0 Å². The number of carbonyl (C=O) groups is 1. The molecule has 1 aliphatic rings. The van der Waals surface area contributed by atoms with Gasteiger partial charge >= 0.3 is 0 Å². The molecule has 1 atom stereocenters. The van der Waals surface area contributed by atoms with E-state index in [-0.39, 0.29) is 17.8 Å². The van der Waals surface area contributed by atoms with Crippen molar-refractivity contribution in [1.29, 1.82) is 0 Å². The minimum atomic E-state index is -0.353. The highest BCUT2D eigenvalue weighted by atomic mass is 19.1. The number of pyridine rings is 1. The molecule has 4 nitrogen and oxygen atoms in total. The predicted octanol–water partition coefficient (Wildman–Crippen LogP) is 3.07. The number of carbonyl (C=O) groups excluding carboxylic acids is 1. The van der Waals surface area contributed by atoms with Gasteiger partial charge in [0, 0.05) is 12.1 Å². The number of halogens is 1. The van der Waals surface area contributed by atoms with Gasteiger partial charge in [0.05, 0.1) is 23.1 Å². The largest absolute Gasteiger partial charge is 0.384 e. The van der Waals surface area contributed by atoms with E-state index in [1.807, 2.05) is 19.1 Å². The van der Waals surface area contributed by atoms with Gasteiger partial charge in [-0.3, -0.25) is 9.78 Å². The third kappa shape index (κ3) is 3.08. The summed E-state index contributed by atoms with van der Waals surface area (Å²) >= 11 is 0. The Balaban J connectivity index is 1.72. The summed E-state index contributed by atoms with van der Waals surface area (Å²) in [5, 5.41) is 6.21. The van der Waals surface area contributed by atoms with Gasteiger partial charge in [0.15, 0.2) is 0 Å². The molecule has 0 fully saturated rings. The van der Waals surface area contributed by atoms with Gasteiger partial charge in [0.2, 0.25) is 0 Å². The molecule has 0 radical (unpaired) electrons. The lowest BCUT2D eigenvalue weighted by Crippen LogP contribution is -2.27. The minimum absolute atomic E-state index is 0.204. The monoisotopic (exact) mass is 299 g/mol. The van der Waals surface area contributed by atoms with Crippen molar-refractivity contribution in [3.63, 3.8) is 0 Å². The fourth-order valence-electron chi connectivity index (χ4n) is 2.54. The number of benzene rings is 1. The van der Waals surface area contributed by atoms with Crippen LogP contribution >= 0.6 is 0 Å². The van der Waals surface area contributed by atoms with Gasteiger partial charge < -0.3 is 10.6 Å². The number of nitrogens with one attached hydrogen (secondary N) is 2. The average molecular weight is 299 g/mol. The second-order valence-electron chi connectivity index (χ2n) is 5.46. The van der Waals surface area contributed by atoms with Crippen molar-refractivity contribution in [1.82, 2.24) is 10.3 Å². The number of anilines is 1. The van der Waals surface area contributed by atoms with Crippen molar-refractivity contribution in [2.24, 2.45) is 0 Å². The van der Waals surface area contributed by atoms with Crippen molar-refractivity contribution in [3.05, 3.63) is 59.2 Å². The van der Waals surface area contributed by atoms with Crippen LogP contribution in [0, 0.1) is 5.82 Å². The zero-order chi connectivity index (χ0) is 15.5. The van der Waals surface area contributed by atoms with Crippen LogP contribution in [0.4, 0.5) is 10.1 Å². The summed E-state index contributed by atoms with van der Waals surface area (Å²) < 4.78 is 12.9. The number of fused-ring (bicyclic) bond motifs is 1. The number of amides is 1. The summed E-state index contributed by atoms with van der Waals surface area (Å²) in [5.41, 5.74) is 3.39. The van der Waals surface area contributed by atoms with E-state index in [4.69, 9.17) is 0 Å². The second-order valence-corrected chi connectivity index (χ2v) is 5.46. The Morgan fingerprint density at radius 3 is 2.82 bits per heavy atom. The molecule has 1 aliphatic heterocycles. The number of hydrogen-bond acceptors (Lipinski definition) is 3. The minimum Gasteiger partial charge on any atom is -0.384 e. The van der Waals surface area contributed by atoms with E-state index in [0.29, 0.717) is 5.56 Å². The highest BCUT2D eigenvalue weighted by molar-refractivity contribution is 5.94. The Labute approximate surface area is 128 Å². The maximum atomic E-state index is 12.9. The van der Waals surface area contributed by atoms with E-state index in [2.05, 4.69) is 15.6 Å². The predicted molar refractivity (Wildman–Crippen MR) is 83.3 cm³/mol. The van der Waals surface area contributed by atoms with Crippen molar-refractivity contribution >= 4 is 11.6 Å². The number of aromatic nitrogens is 1. The first-order valence-electron chi connectivity index (χ1n) is 7.43. The normalized spacial score (nSPS) is 14.6. The smallest absolute Gasteiger partial charge is 0.251 e. The first-order valence-corrected chi connectivity index (χ1v) is 7.43. The summed E-state index contributed by atoms with van der Waals surface area (Å²) in [6, 6.07) is 9.24. The van der Waals surface area contributed by atoms with E-state index >= 15 is 0 Å². The number of nitrogens with zero attached hydrogens (tertiary/aromatic N) is 1. The van der Waals surface area contributed by atoms with Crippen LogP contribution in [0.2, 0.25) is 0 Å². The van der Waals surface area contributed by atoms with Crippen LogP contribution in [0.1, 0.15) is 41.1 Å². The molecule has 0 bridgehead atoms. The molecule has 2 N–H and O–H groups in total. The highest BCUT2D eigenvalue weighted by Crippen LogP contribution is 2.22. The molecule has 1 amide bonds. The zero-order valence-corrected chi connectivity index (χ0v) is 12.4. The summed E-state index contributed by atoms with van der Waals surface area (Å²) in [7, 11) is 0. The molecule has 114 valence electrons. The van der Waals surface area contributed by atoms with Crippen LogP contribution in [0.5, 0.6) is 0 Å². The maximum absolute atomic E-state index is 12.9. The van der Waals surface area contributed by atoms with Gasteiger partial charge in [-0.25, -0.2) is 4.39 Å². The molecule has 5 heteroatoms. The summed E-state index contributed by atoms with van der Waals surface area (Å²) in [6.45, 7) is 2.87. The standard InChI is InChI=1S/C17H18FN3O/c1-11(20-17(22)12-4-6-13(18)7-5-12)14-8-9-15-16(21-14)3-2-10-19-15/h4-9,11,19H,2-3,10H2,1H3,(H,20,22). The van der Waals surface area contributed by atoms with Crippen LogP contribution < -0.4 is 10.6 Å². The van der Waals surface area contributed by atoms with Gasteiger partial charge in [-0.2, -0.15) is 0 Å². The average Bonchev–Trinajstić information content (AvgIpc) is 2.55. The zero-order valence-electron chi connectivity index (χ0n) is 12.4. The Hall–Kier alpha value is -2.43. The molecular weight excluding hydrogens is 281 g/mol. The Morgan fingerprint density at radius 1 is 1.27 bits per heavy atom. The molecule has 1 unspecified atom stereocenters. The molecule has 0 saturated carbocycles. The highest BCUT2D eigenvalue weighted by Gasteiger charge is 2.16. The summed E-state index contributed by atoms with van der Waals surface area (Å²) in [4.78, 5) is 16.8. The fourth-order valence-corrected chi connectivity index (χ4v) is 2.54. The maximum Gasteiger partial charge on any atom is 0.251 e. The Bertz CT molecular complexity index is 685. The van der Waals surface area contributed by atoms with E-state index in [1.165, 1.54) is 24.3 Å². The summed E-state index contributed by atoms with van der Waals surface area (Å²) in [6.07, 6.45) is 2.02. The molecule has 3 rings (SSSR count). The SMILES string of the molecule is CC(NC(=O)c1ccc(F)cc1)c1ccc2c(n1)CCCN2. The molecule has 2 aromatic rings. The van der Waals surface area contributed by atoms with E-state index < -0.39 is 0 Å². The molecule has 0 saturated heterocycles. The molecular formula is C17H18FN3O. The number of rotatable bonds is 3. The van der Waals surface area contributed by atoms with Gasteiger partial charge in [-0.1, -0.05) is 0 Å². The number of hydrogen-bond donors (Lipinski definition) is 2. The van der Waals surface area contributed by atoms with E-state index in [0.717, 1.165) is 36.5 Å². The molecule has 0 aliphatic carbocycles. The van der Waals surface area contributed by atoms with Crippen LogP contribution in [0.3, 0.4) is 0 Å². The first kappa shape index (κ1) is 14.5. The van der Waals surface area contributed by atoms with E-state index in [9.17, 15) is 9.18 Å². The molecule has 22 heavy (non-hydrogen) atoms. The number of aryl methyl sites for hydroxylation is 1. The second kappa shape index (κ2) is 6.13.